The van der Waals surface area contributed by atoms with Gasteiger partial charge in [-0.05, 0) is 25.3 Å². The summed E-state index contributed by atoms with van der Waals surface area (Å²) in [6, 6.07) is 8.52. The number of hydrogen-bond acceptors (Lipinski definition) is 2. The first kappa shape index (κ1) is 8.30. The molecule has 0 aromatic heterocycles. The summed E-state index contributed by atoms with van der Waals surface area (Å²) in [5, 5.41) is 3.44. The van der Waals surface area contributed by atoms with E-state index in [0.717, 1.165) is 19.6 Å². The van der Waals surface area contributed by atoms with E-state index >= 15 is 0 Å². The van der Waals surface area contributed by atoms with Crippen LogP contribution < -0.4 is 5.32 Å². The molecule has 1 saturated heterocycles. The number of ether oxygens (including phenoxy) is 1. The highest BCUT2D eigenvalue weighted by molar-refractivity contribution is 5.59. The summed E-state index contributed by atoms with van der Waals surface area (Å²) in [7, 11) is 0. The molecule has 1 aromatic rings. The van der Waals surface area contributed by atoms with Gasteiger partial charge in [-0.2, -0.15) is 0 Å². The molecule has 2 nitrogen and oxygen atoms in total. The summed E-state index contributed by atoms with van der Waals surface area (Å²) in [5.41, 5.74) is 2.61. The SMILES string of the molecule is c1ccc2c(c1)NCC21CCCCO1. The molecule has 0 saturated carbocycles. The molecule has 1 N–H and O–H groups in total. The molecule has 3 rings (SSSR count). The summed E-state index contributed by atoms with van der Waals surface area (Å²) >= 11 is 0. The van der Waals surface area contributed by atoms with Crippen molar-refractivity contribution in [2.75, 3.05) is 18.5 Å². The molecule has 1 aromatic carbocycles. The van der Waals surface area contributed by atoms with Crippen molar-refractivity contribution in [1.29, 1.82) is 0 Å². The monoisotopic (exact) mass is 189 g/mol. The summed E-state index contributed by atoms with van der Waals surface area (Å²) in [5.74, 6) is 0. The van der Waals surface area contributed by atoms with Gasteiger partial charge in [0.05, 0.1) is 0 Å². The van der Waals surface area contributed by atoms with Crippen LogP contribution in [0.4, 0.5) is 5.69 Å². The van der Waals surface area contributed by atoms with Crippen molar-refractivity contribution in [3.8, 4) is 0 Å². The minimum atomic E-state index is -0.00512. The number of para-hydroxylation sites is 1. The van der Waals surface area contributed by atoms with Gasteiger partial charge in [-0.3, -0.25) is 0 Å². The van der Waals surface area contributed by atoms with Gasteiger partial charge in [0.25, 0.3) is 0 Å². The maximum absolute atomic E-state index is 5.99. The number of rotatable bonds is 0. The maximum atomic E-state index is 5.99. The molecule has 2 aliphatic rings. The van der Waals surface area contributed by atoms with Gasteiger partial charge in [-0.1, -0.05) is 18.2 Å². The minimum absolute atomic E-state index is 0.00512. The van der Waals surface area contributed by atoms with Crippen molar-refractivity contribution >= 4 is 5.69 Å². The van der Waals surface area contributed by atoms with Crippen molar-refractivity contribution in [1.82, 2.24) is 0 Å². The van der Waals surface area contributed by atoms with Gasteiger partial charge >= 0.3 is 0 Å². The van der Waals surface area contributed by atoms with Gasteiger partial charge in [0.2, 0.25) is 0 Å². The Bertz CT molecular complexity index is 336. The van der Waals surface area contributed by atoms with E-state index in [4.69, 9.17) is 4.74 Å². The van der Waals surface area contributed by atoms with Crippen molar-refractivity contribution in [2.45, 2.75) is 24.9 Å². The molecule has 14 heavy (non-hydrogen) atoms. The first-order valence-corrected chi connectivity index (χ1v) is 5.38. The Kier molecular flexibility index (Phi) is 1.77. The fourth-order valence-corrected chi connectivity index (χ4v) is 2.57. The fraction of sp³-hybridized carbons (Fsp3) is 0.500. The van der Waals surface area contributed by atoms with Gasteiger partial charge in [-0.15, -0.1) is 0 Å². The highest BCUT2D eigenvalue weighted by atomic mass is 16.5. The van der Waals surface area contributed by atoms with Gasteiger partial charge in [-0.25, -0.2) is 0 Å². The molecule has 1 fully saturated rings. The van der Waals surface area contributed by atoms with E-state index < -0.39 is 0 Å². The number of fused-ring (bicyclic) bond motifs is 2. The summed E-state index contributed by atoms with van der Waals surface area (Å²) in [6.45, 7) is 1.86. The van der Waals surface area contributed by atoms with Crippen LogP contribution in [0.2, 0.25) is 0 Å². The second kappa shape index (κ2) is 2.99. The molecule has 0 aliphatic carbocycles. The molecule has 1 atom stereocenters. The second-order valence-corrected chi connectivity index (χ2v) is 4.20. The average molecular weight is 189 g/mol. The van der Waals surface area contributed by atoms with Gasteiger partial charge in [0, 0.05) is 24.4 Å². The van der Waals surface area contributed by atoms with Crippen LogP contribution in [0.25, 0.3) is 0 Å². The lowest BCUT2D eigenvalue weighted by atomic mass is 9.88. The molecular weight excluding hydrogens is 174 g/mol. The predicted octanol–water partition coefficient (Wildman–Crippen LogP) is 2.51. The topological polar surface area (TPSA) is 21.3 Å². The van der Waals surface area contributed by atoms with Crippen molar-refractivity contribution in [2.24, 2.45) is 0 Å². The Morgan fingerprint density at radius 3 is 3.00 bits per heavy atom. The van der Waals surface area contributed by atoms with Crippen molar-refractivity contribution in [3.63, 3.8) is 0 Å². The van der Waals surface area contributed by atoms with E-state index in [2.05, 4.69) is 29.6 Å². The highest BCUT2D eigenvalue weighted by Crippen LogP contribution is 2.43. The number of nitrogens with one attached hydrogen (secondary N) is 1. The zero-order valence-corrected chi connectivity index (χ0v) is 8.25. The van der Waals surface area contributed by atoms with Gasteiger partial charge < -0.3 is 10.1 Å². The first-order valence-electron chi connectivity index (χ1n) is 5.38. The highest BCUT2D eigenvalue weighted by Gasteiger charge is 2.40. The predicted molar refractivity (Wildman–Crippen MR) is 56.4 cm³/mol. The Balaban J connectivity index is 2.03. The Morgan fingerprint density at radius 1 is 1.21 bits per heavy atom. The van der Waals surface area contributed by atoms with Crippen LogP contribution in [-0.4, -0.2) is 13.2 Å². The van der Waals surface area contributed by atoms with Gasteiger partial charge in [0.1, 0.15) is 5.60 Å². The molecule has 0 radical (unpaired) electrons. The van der Waals surface area contributed by atoms with Crippen LogP contribution in [0.3, 0.4) is 0 Å². The van der Waals surface area contributed by atoms with Crippen LogP contribution in [0.15, 0.2) is 24.3 Å². The van der Waals surface area contributed by atoms with Crippen LogP contribution in [0.5, 0.6) is 0 Å². The number of hydrogen-bond donors (Lipinski definition) is 1. The van der Waals surface area contributed by atoms with E-state index in [9.17, 15) is 0 Å². The minimum Gasteiger partial charge on any atom is -0.381 e. The Morgan fingerprint density at radius 2 is 2.14 bits per heavy atom. The van der Waals surface area contributed by atoms with Gasteiger partial charge in [0.15, 0.2) is 0 Å². The molecule has 2 aliphatic heterocycles. The molecule has 0 amide bonds. The quantitative estimate of drug-likeness (QED) is 0.677. The smallest absolute Gasteiger partial charge is 0.112 e. The standard InChI is InChI=1S/C12H15NO/c1-2-6-11-10(5-1)12(9-13-11)7-3-4-8-14-12/h1-2,5-6,13H,3-4,7-9H2. The zero-order valence-electron chi connectivity index (χ0n) is 8.25. The lowest BCUT2D eigenvalue weighted by molar-refractivity contribution is -0.0692. The summed E-state index contributed by atoms with van der Waals surface area (Å²) in [4.78, 5) is 0. The average Bonchev–Trinajstić information content (AvgIpc) is 2.60. The van der Waals surface area contributed by atoms with E-state index in [1.807, 2.05) is 0 Å². The summed E-state index contributed by atoms with van der Waals surface area (Å²) < 4.78 is 5.99. The first-order chi connectivity index (χ1) is 6.91. The Labute approximate surface area is 84.3 Å². The van der Waals surface area contributed by atoms with E-state index in [1.54, 1.807) is 0 Å². The van der Waals surface area contributed by atoms with Crippen LogP contribution >= 0.6 is 0 Å². The largest absolute Gasteiger partial charge is 0.381 e. The lowest BCUT2D eigenvalue weighted by Crippen LogP contribution is -2.35. The molecule has 1 spiro atoms. The number of benzene rings is 1. The van der Waals surface area contributed by atoms with Crippen molar-refractivity contribution < 1.29 is 4.74 Å². The normalized spacial score (nSPS) is 30.0. The summed E-state index contributed by atoms with van der Waals surface area (Å²) in [6.07, 6.45) is 3.66. The van der Waals surface area contributed by atoms with Crippen LogP contribution in [0.1, 0.15) is 24.8 Å². The van der Waals surface area contributed by atoms with Crippen LogP contribution in [-0.2, 0) is 10.3 Å². The molecule has 1 unspecified atom stereocenters. The van der Waals surface area contributed by atoms with Crippen molar-refractivity contribution in [3.05, 3.63) is 29.8 Å². The lowest BCUT2D eigenvalue weighted by Gasteiger charge is -2.33. The Hall–Kier alpha value is -1.02. The maximum Gasteiger partial charge on any atom is 0.112 e. The second-order valence-electron chi connectivity index (χ2n) is 4.20. The number of anilines is 1. The van der Waals surface area contributed by atoms with E-state index in [-0.39, 0.29) is 5.60 Å². The molecule has 0 bridgehead atoms. The van der Waals surface area contributed by atoms with E-state index in [0.29, 0.717) is 0 Å². The third-order valence-corrected chi connectivity index (χ3v) is 3.34. The molecular formula is C12H15NO. The van der Waals surface area contributed by atoms with E-state index in [1.165, 1.54) is 24.1 Å². The molecule has 2 heterocycles. The third-order valence-electron chi connectivity index (χ3n) is 3.34. The molecule has 74 valence electrons. The third kappa shape index (κ3) is 1.07. The molecule has 2 heteroatoms. The van der Waals surface area contributed by atoms with Crippen LogP contribution in [0, 0.1) is 0 Å². The fourth-order valence-electron chi connectivity index (χ4n) is 2.57. The zero-order chi connectivity index (χ0) is 9.43.